The van der Waals surface area contributed by atoms with Gasteiger partial charge in [0.15, 0.2) is 11.6 Å². The van der Waals surface area contributed by atoms with Crippen LogP contribution in [0.15, 0.2) is 42.5 Å². The Bertz CT molecular complexity index is 446. The van der Waals surface area contributed by atoms with Crippen LogP contribution in [0.1, 0.15) is 0 Å². The molecule has 0 spiro atoms. The van der Waals surface area contributed by atoms with Gasteiger partial charge in [-0.2, -0.15) is 30.3 Å². The third kappa shape index (κ3) is 3.54. The molecule has 0 atom stereocenters. The molecule has 0 aromatic heterocycles. The second-order valence-electron chi connectivity index (χ2n) is 2.92. The van der Waals surface area contributed by atoms with Crippen molar-refractivity contribution in [2.75, 3.05) is 0 Å². The quantitative estimate of drug-likeness (QED) is 0.515. The molecule has 0 fully saturated rings. The molecular weight excluding hydrogens is 286 g/mol. The Morgan fingerprint density at radius 2 is 1.44 bits per heavy atom. The Hall–Kier alpha value is -0.454. The van der Waals surface area contributed by atoms with Crippen molar-refractivity contribution in [3.8, 4) is 11.1 Å². The van der Waals surface area contributed by atoms with Gasteiger partial charge in [-0.05, 0) is 17.7 Å². The summed E-state index contributed by atoms with van der Waals surface area (Å²) >= 11 is 0. The van der Waals surface area contributed by atoms with Crippen LogP contribution in [0.4, 0.5) is 8.78 Å². The standard InChI is InChI=1S/C12H7F2.BrH.Mg/c13-11-7-6-10(8-12(11)14)9-4-2-1-3-5-9;;/h2-8H;1H;/q-1;;+2/p-1. The Morgan fingerprint density at radius 3 is 2.00 bits per heavy atom. The first-order chi connectivity index (χ1) is 6.77. The summed E-state index contributed by atoms with van der Waals surface area (Å²) in [4.78, 5) is 0. The third-order valence-electron chi connectivity index (χ3n) is 1.97. The molecule has 78 valence electrons. The molecule has 2 aromatic carbocycles. The predicted octanol–water partition coefficient (Wildman–Crippen LogP) is 0.0552. The average Bonchev–Trinajstić information content (AvgIpc) is 2.23. The fourth-order valence-electron chi connectivity index (χ4n) is 1.26. The number of halogens is 3. The van der Waals surface area contributed by atoms with E-state index in [4.69, 9.17) is 0 Å². The molecular formula is C12H7BrF2Mg. The molecule has 0 saturated heterocycles. The third-order valence-corrected chi connectivity index (χ3v) is 1.97. The topological polar surface area (TPSA) is 0 Å². The molecule has 0 radical (unpaired) electrons. The summed E-state index contributed by atoms with van der Waals surface area (Å²) in [5.41, 5.74) is 1.51. The Kier molecular flexibility index (Phi) is 6.79. The van der Waals surface area contributed by atoms with E-state index >= 15 is 0 Å². The van der Waals surface area contributed by atoms with Crippen LogP contribution in [-0.4, -0.2) is 23.1 Å². The molecule has 0 saturated carbocycles. The zero-order valence-electron chi connectivity index (χ0n) is 8.38. The van der Waals surface area contributed by atoms with Gasteiger partial charge in [-0.15, -0.1) is 5.56 Å². The largest absolute Gasteiger partial charge is 2.00 e. The van der Waals surface area contributed by atoms with Crippen LogP contribution in [0.3, 0.4) is 0 Å². The van der Waals surface area contributed by atoms with Crippen molar-refractivity contribution in [1.29, 1.82) is 0 Å². The molecule has 0 bridgehead atoms. The van der Waals surface area contributed by atoms with Crippen LogP contribution in [0.5, 0.6) is 0 Å². The van der Waals surface area contributed by atoms with Crippen molar-refractivity contribution in [2.45, 2.75) is 0 Å². The summed E-state index contributed by atoms with van der Waals surface area (Å²) in [7, 11) is 0. The maximum absolute atomic E-state index is 12.9. The number of benzene rings is 2. The molecule has 0 unspecified atom stereocenters. The van der Waals surface area contributed by atoms with E-state index in [0.29, 0.717) is 5.56 Å². The van der Waals surface area contributed by atoms with E-state index < -0.39 is 11.6 Å². The maximum Gasteiger partial charge on any atom is 2.00 e. The van der Waals surface area contributed by atoms with Crippen LogP contribution >= 0.6 is 0 Å². The van der Waals surface area contributed by atoms with Gasteiger partial charge in [0.05, 0.1) is 0 Å². The van der Waals surface area contributed by atoms with Crippen molar-refractivity contribution in [1.82, 2.24) is 0 Å². The minimum atomic E-state index is -0.824. The van der Waals surface area contributed by atoms with E-state index in [0.717, 1.165) is 11.6 Å². The van der Waals surface area contributed by atoms with Gasteiger partial charge in [-0.25, -0.2) is 8.78 Å². The van der Waals surface area contributed by atoms with Crippen LogP contribution in [0.25, 0.3) is 11.1 Å². The molecule has 4 heteroatoms. The summed E-state index contributed by atoms with van der Waals surface area (Å²) in [5, 5.41) is 0. The Labute approximate surface area is 120 Å². The number of hydrogen-bond acceptors (Lipinski definition) is 0. The number of hydrogen-bond donors (Lipinski definition) is 0. The summed E-state index contributed by atoms with van der Waals surface area (Å²) in [6.07, 6.45) is 0. The van der Waals surface area contributed by atoms with E-state index in [1.165, 1.54) is 6.07 Å². The second kappa shape index (κ2) is 6.99. The van der Waals surface area contributed by atoms with Gasteiger partial charge in [-0.1, -0.05) is 6.07 Å². The summed E-state index contributed by atoms with van der Waals surface area (Å²) in [6, 6.07) is 13.8. The van der Waals surface area contributed by atoms with Gasteiger partial charge in [0, 0.05) is 0 Å². The van der Waals surface area contributed by atoms with E-state index in [9.17, 15) is 8.78 Å². The first kappa shape index (κ1) is 15.5. The van der Waals surface area contributed by atoms with E-state index in [2.05, 4.69) is 6.07 Å². The Balaban J connectivity index is 0.00000112. The normalized spacial score (nSPS) is 8.88. The smallest absolute Gasteiger partial charge is 1.00 e. The SMILES string of the molecule is Fc1ccc(-c2cc[c-]cc2)cc1F.[Br-].[Mg+2]. The summed E-state index contributed by atoms with van der Waals surface area (Å²) in [5.74, 6) is -1.65. The fourth-order valence-corrected chi connectivity index (χ4v) is 1.26. The minimum Gasteiger partial charge on any atom is -1.00 e. The van der Waals surface area contributed by atoms with E-state index in [1.54, 1.807) is 30.3 Å². The molecule has 0 aliphatic rings. The van der Waals surface area contributed by atoms with Gasteiger partial charge in [-0.3, -0.25) is 0 Å². The van der Waals surface area contributed by atoms with Crippen LogP contribution in [-0.2, 0) is 0 Å². The zero-order chi connectivity index (χ0) is 9.97. The van der Waals surface area contributed by atoms with Crippen molar-refractivity contribution in [2.24, 2.45) is 0 Å². The molecule has 0 N–H and O–H groups in total. The second-order valence-corrected chi connectivity index (χ2v) is 2.92. The van der Waals surface area contributed by atoms with Crippen molar-refractivity contribution in [3.05, 3.63) is 60.2 Å². The molecule has 2 rings (SSSR count). The van der Waals surface area contributed by atoms with Gasteiger partial charge < -0.3 is 17.0 Å². The van der Waals surface area contributed by atoms with Crippen LogP contribution < -0.4 is 17.0 Å². The molecule has 0 nitrogen and oxygen atoms in total. The van der Waals surface area contributed by atoms with Crippen molar-refractivity contribution in [3.63, 3.8) is 0 Å². The van der Waals surface area contributed by atoms with Gasteiger partial charge in [0.2, 0.25) is 0 Å². The summed E-state index contributed by atoms with van der Waals surface area (Å²) in [6.45, 7) is 0. The van der Waals surface area contributed by atoms with E-state index in [1.807, 2.05) is 0 Å². The number of rotatable bonds is 1. The predicted molar refractivity (Wildman–Crippen MR) is 56.4 cm³/mol. The average molecular weight is 293 g/mol. The first-order valence-corrected chi connectivity index (χ1v) is 4.19. The first-order valence-electron chi connectivity index (χ1n) is 4.19. The van der Waals surface area contributed by atoms with Gasteiger partial charge in [0.25, 0.3) is 0 Å². The molecule has 2 aromatic rings. The minimum absolute atomic E-state index is 0. The van der Waals surface area contributed by atoms with Crippen LogP contribution in [0.2, 0.25) is 0 Å². The van der Waals surface area contributed by atoms with E-state index in [-0.39, 0.29) is 40.0 Å². The van der Waals surface area contributed by atoms with Crippen molar-refractivity contribution >= 4 is 23.1 Å². The molecule has 16 heavy (non-hydrogen) atoms. The molecule has 0 aliphatic heterocycles. The van der Waals surface area contributed by atoms with Crippen molar-refractivity contribution < 1.29 is 25.8 Å². The fraction of sp³-hybridized carbons (Fsp3) is 0. The Morgan fingerprint density at radius 1 is 0.812 bits per heavy atom. The van der Waals surface area contributed by atoms with Crippen LogP contribution in [0, 0.1) is 17.7 Å². The van der Waals surface area contributed by atoms with Gasteiger partial charge >= 0.3 is 23.1 Å². The molecule has 0 aliphatic carbocycles. The van der Waals surface area contributed by atoms with Gasteiger partial charge in [0.1, 0.15) is 0 Å². The maximum atomic E-state index is 12.9. The zero-order valence-corrected chi connectivity index (χ0v) is 11.4. The summed E-state index contributed by atoms with van der Waals surface area (Å²) < 4.78 is 25.5. The molecule has 0 heterocycles. The molecule has 0 amide bonds. The monoisotopic (exact) mass is 292 g/mol.